The van der Waals surface area contributed by atoms with Gasteiger partial charge in [0.15, 0.2) is 0 Å². The van der Waals surface area contributed by atoms with Crippen LogP contribution < -0.4 is 20.7 Å². The molecule has 3 amide bonds. The molecule has 2 unspecified atom stereocenters. The first-order valence-corrected chi connectivity index (χ1v) is 11.1. The predicted molar refractivity (Wildman–Crippen MR) is 127 cm³/mol. The van der Waals surface area contributed by atoms with Crippen molar-refractivity contribution in [3.63, 3.8) is 0 Å². The second-order valence-corrected chi connectivity index (χ2v) is 8.26. The molecule has 0 saturated heterocycles. The molecule has 0 aliphatic heterocycles. The third kappa shape index (κ3) is 6.27. The van der Waals surface area contributed by atoms with E-state index in [1.54, 1.807) is 31.4 Å². The van der Waals surface area contributed by atoms with Crippen molar-refractivity contribution >= 4 is 34.1 Å². The van der Waals surface area contributed by atoms with Crippen molar-refractivity contribution in [3.8, 4) is 22.4 Å². The van der Waals surface area contributed by atoms with Gasteiger partial charge >= 0.3 is 6.03 Å². The molecule has 1 heterocycles. The lowest BCUT2D eigenvalue weighted by atomic mass is 9.98. The number of hydrogen-bond acceptors (Lipinski definition) is 7. The molecule has 0 fully saturated rings. The molecule has 1 aromatic heterocycles. The van der Waals surface area contributed by atoms with Crippen molar-refractivity contribution in [1.82, 2.24) is 15.5 Å². The maximum Gasteiger partial charge on any atom is 0.319 e. The first-order chi connectivity index (χ1) is 15.9. The second kappa shape index (κ2) is 11.1. The largest absolute Gasteiger partial charge is 0.497 e. The molecule has 0 aliphatic rings. The van der Waals surface area contributed by atoms with Crippen LogP contribution in [0.4, 0.5) is 15.6 Å². The lowest BCUT2D eigenvalue weighted by molar-refractivity contribution is -0.119. The topological polar surface area (TPSA) is 129 Å². The van der Waals surface area contributed by atoms with Gasteiger partial charge in [-0.3, -0.25) is 10.1 Å². The second-order valence-electron chi connectivity index (χ2n) is 7.28. The van der Waals surface area contributed by atoms with E-state index in [-0.39, 0.29) is 11.8 Å². The van der Waals surface area contributed by atoms with Crippen LogP contribution in [0.15, 0.2) is 48.5 Å². The number of nitrogens with one attached hydrogen (secondary N) is 3. The highest BCUT2D eigenvalue weighted by Crippen LogP contribution is 2.28. The van der Waals surface area contributed by atoms with Crippen molar-refractivity contribution < 1.29 is 14.3 Å². The molecule has 170 valence electrons. The van der Waals surface area contributed by atoms with Crippen LogP contribution in [0.1, 0.15) is 25.8 Å². The van der Waals surface area contributed by atoms with Gasteiger partial charge < -0.3 is 15.4 Å². The van der Waals surface area contributed by atoms with E-state index in [2.05, 4.69) is 26.1 Å². The molecular weight excluding hydrogens is 440 g/mol. The molecule has 3 rings (SSSR count). The number of urea groups is 1. The molecule has 2 atom stereocenters. The van der Waals surface area contributed by atoms with Gasteiger partial charge in [-0.1, -0.05) is 37.7 Å². The van der Waals surface area contributed by atoms with Crippen LogP contribution in [-0.2, 0) is 4.79 Å². The SMILES string of the molecule is CCC(C)C(NC(=O)Nc1cccc(C#N)c1)C(=O)Nc1nnc(-c2ccc(OC)cc2)s1. The Morgan fingerprint density at radius 1 is 1.15 bits per heavy atom. The smallest absolute Gasteiger partial charge is 0.319 e. The van der Waals surface area contributed by atoms with E-state index < -0.39 is 12.1 Å². The number of hydrogen-bond donors (Lipinski definition) is 3. The highest BCUT2D eigenvalue weighted by atomic mass is 32.1. The zero-order valence-electron chi connectivity index (χ0n) is 18.5. The Labute approximate surface area is 195 Å². The zero-order chi connectivity index (χ0) is 23.8. The Morgan fingerprint density at radius 3 is 2.58 bits per heavy atom. The van der Waals surface area contributed by atoms with Crippen molar-refractivity contribution in [2.45, 2.75) is 26.3 Å². The summed E-state index contributed by atoms with van der Waals surface area (Å²) in [7, 11) is 1.60. The van der Waals surface area contributed by atoms with Gasteiger partial charge in [-0.25, -0.2) is 4.79 Å². The van der Waals surface area contributed by atoms with Crippen molar-refractivity contribution in [2.75, 3.05) is 17.7 Å². The highest BCUT2D eigenvalue weighted by molar-refractivity contribution is 7.18. The van der Waals surface area contributed by atoms with Gasteiger partial charge in [-0.05, 0) is 48.4 Å². The van der Waals surface area contributed by atoms with Gasteiger partial charge in [0.1, 0.15) is 16.8 Å². The fourth-order valence-electron chi connectivity index (χ4n) is 2.98. The Hall–Kier alpha value is -3.97. The van der Waals surface area contributed by atoms with E-state index >= 15 is 0 Å². The summed E-state index contributed by atoms with van der Waals surface area (Å²) in [6.45, 7) is 3.82. The monoisotopic (exact) mass is 464 g/mol. The van der Waals surface area contributed by atoms with Crippen LogP contribution >= 0.6 is 11.3 Å². The molecule has 3 N–H and O–H groups in total. The molecular formula is C23H24N6O3S. The van der Waals surface area contributed by atoms with E-state index in [0.29, 0.717) is 27.8 Å². The Morgan fingerprint density at radius 2 is 1.91 bits per heavy atom. The van der Waals surface area contributed by atoms with Gasteiger partial charge in [0, 0.05) is 11.3 Å². The summed E-state index contributed by atoms with van der Waals surface area (Å²) >= 11 is 1.24. The van der Waals surface area contributed by atoms with Crippen LogP contribution in [0, 0.1) is 17.2 Å². The van der Waals surface area contributed by atoms with Crippen molar-refractivity contribution in [1.29, 1.82) is 5.26 Å². The first-order valence-electron chi connectivity index (χ1n) is 10.3. The minimum atomic E-state index is -0.789. The summed E-state index contributed by atoms with van der Waals surface area (Å²) in [5.74, 6) is 0.217. The Kier molecular flexibility index (Phi) is 7.94. The third-order valence-corrected chi connectivity index (χ3v) is 5.91. The molecule has 2 aromatic carbocycles. The number of methoxy groups -OCH3 is 1. The minimum absolute atomic E-state index is 0.129. The zero-order valence-corrected chi connectivity index (χ0v) is 19.3. The normalized spacial score (nSPS) is 12.2. The summed E-state index contributed by atoms with van der Waals surface area (Å²) < 4.78 is 5.16. The molecule has 3 aromatic rings. The highest BCUT2D eigenvalue weighted by Gasteiger charge is 2.27. The number of nitrogens with zero attached hydrogens (tertiary/aromatic N) is 3. The van der Waals surface area contributed by atoms with E-state index in [1.165, 1.54) is 11.3 Å². The molecule has 10 heteroatoms. The Bertz CT molecular complexity index is 1160. The fourth-order valence-corrected chi connectivity index (χ4v) is 3.74. The number of aromatic nitrogens is 2. The van der Waals surface area contributed by atoms with Crippen molar-refractivity contribution in [2.24, 2.45) is 5.92 Å². The third-order valence-electron chi connectivity index (χ3n) is 5.02. The molecule has 0 spiro atoms. The quantitative estimate of drug-likeness (QED) is 0.457. The molecule has 0 radical (unpaired) electrons. The number of rotatable bonds is 8. The van der Waals surface area contributed by atoms with Crippen molar-refractivity contribution in [3.05, 3.63) is 54.1 Å². The molecule has 9 nitrogen and oxygen atoms in total. The molecule has 33 heavy (non-hydrogen) atoms. The molecule has 0 bridgehead atoms. The number of anilines is 2. The standard InChI is InChI=1S/C23H24N6O3S/c1-4-14(2)19(26-22(31)25-17-7-5-6-15(12-17)13-24)20(30)27-23-29-28-21(33-23)16-8-10-18(32-3)11-9-16/h5-12,14,19H,4H2,1-3H3,(H2,25,26,31)(H,27,29,30). The fraction of sp³-hybridized carbons (Fsp3) is 0.261. The number of carbonyl (C=O) groups is 2. The van der Waals surface area contributed by atoms with Crippen LogP contribution in [0.3, 0.4) is 0 Å². The number of nitriles is 1. The van der Waals surface area contributed by atoms with Crippen LogP contribution in [0.25, 0.3) is 10.6 Å². The number of amides is 3. The minimum Gasteiger partial charge on any atom is -0.497 e. The van der Waals surface area contributed by atoms with E-state index in [4.69, 9.17) is 10.00 Å². The van der Waals surface area contributed by atoms with E-state index in [0.717, 1.165) is 11.3 Å². The van der Waals surface area contributed by atoms with E-state index in [9.17, 15) is 9.59 Å². The van der Waals surface area contributed by atoms with Gasteiger partial charge in [-0.2, -0.15) is 5.26 Å². The maximum atomic E-state index is 13.0. The number of benzene rings is 2. The van der Waals surface area contributed by atoms with Gasteiger partial charge in [0.25, 0.3) is 0 Å². The predicted octanol–water partition coefficient (Wildman–Crippen LogP) is 4.26. The van der Waals surface area contributed by atoms with Gasteiger partial charge in [-0.15, -0.1) is 10.2 Å². The summed E-state index contributed by atoms with van der Waals surface area (Å²) in [5, 5.41) is 26.3. The van der Waals surface area contributed by atoms with Gasteiger partial charge in [0.05, 0.1) is 18.7 Å². The average molecular weight is 465 g/mol. The average Bonchev–Trinajstić information content (AvgIpc) is 3.30. The van der Waals surface area contributed by atoms with Crippen LogP contribution in [0.5, 0.6) is 5.75 Å². The van der Waals surface area contributed by atoms with Crippen LogP contribution in [-0.4, -0.2) is 35.3 Å². The number of carbonyl (C=O) groups excluding carboxylic acids is 2. The lowest BCUT2D eigenvalue weighted by Gasteiger charge is -2.23. The molecule has 0 saturated carbocycles. The molecule has 0 aliphatic carbocycles. The summed E-state index contributed by atoms with van der Waals surface area (Å²) in [6.07, 6.45) is 0.676. The first kappa shape index (κ1) is 23.7. The maximum absolute atomic E-state index is 13.0. The number of ether oxygens (including phenoxy) is 1. The summed E-state index contributed by atoms with van der Waals surface area (Å²) in [4.78, 5) is 25.5. The Balaban J connectivity index is 1.67. The van der Waals surface area contributed by atoms with Gasteiger partial charge in [0.2, 0.25) is 11.0 Å². The van der Waals surface area contributed by atoms with Crippen LogP contribution in [0.2, 0.25) is 0 Å². The lowest BCUT2D eigenvalue weighted by Crippen LogP contribution is -2.49. The summed E-state index contributed by atoms with van der Waals surface area (Å²) in [6, 6.07) is 14.6. The summed E-state index contributed by atoms with van der Waals surface area (Å²) in [5.41, 5.74) is 1.74. The van der Waals surface area contributed by atoms with E-state index in [1.807, 2.05) is 44.2 Å².